The van der Waals surface area contributed by atoms with Crippen molar-refractivity contribution in [3.63, 3.8) is 0 Å². The second-order valence-corrected chi connectivity index (χ2v) is 6.95. The molecule has 0 spiro atoms. The minimum absolute atomic E-state index is 0.0122. The van der Waals surface area contributed by atoms with Crippen molar-refractivity contribution < 1.29 is 23.1 Å². The lowest BCUT2D eigenvalue weighted by atomic mass is 10.1. The lowest BCUT2D eigenvalue weighted by molar-refractivity contribution is -0.142. The highest BCUT2D eigenvalue weighted by atomic mass is 32.2. The summed E-state index contributed by atoms with van der Waals surface area (Å²) in [6.07, 6.45) is 2.59. The highest BCUT2D eigenvalue weighted by Gasteiger charge is 2.37. The van der Waals surface area contributed by atoms with Gasteiger partial charge >= 0.3 is 5.97 Å². The number of nitrogens with two attached hydrogens (primary N) is 1. The summed E-state index contributed by atoms with van der Waals surface area (Å²) in [5.74, 6) is -1.92. The Hall–Kier alpha value is -1.15. The van der Waals surface area contributed by atoms with E-state index in [0.29, 0.717) is 0 Å². The fraction of sp³-hybridized carbons (Fsp3) is 0.800. The predicted octanol–water partition coefficient (Wildman–Crippen LogP) is -1.27. The van der Waals surface area contributed by atoms with E-state index in [-0.39, 0.29) is 18.1 Å². The smallest absolute Gasteiger partial charge is 0.326 e. The Morgan fingerprint density at radius 1 is 1.44 bits per heavy atom. The maximum atomic E-state index is 11.6. The van der Waals surface area contributed by atoms with Crippen LogP contribution in [0, 0.1) is 5.92 Å². The normalized spacial score (nSPS) is 19.0. The molecule has 1 aliphatic carbocycles. The zero-order valence-electron chi connectivity index (χ0n) is 10.1. The van der Waals surface area contributed by atoms with Crippen molar-refractivity contribution in [2.75, 3.05) is 12.0 Å². The van der Waals surface area contributed by atoms with Gasteiger partial charge in [-0.3, -0.25) is 4.79 Å². The van der Waals surface area contributed by atoms with Crippen LogP contribution < -0.4 is 11.1 Å². The van der Waals surface area contributed by atoms with Crippen LogP contribution in [0.4, 0.5) is 0 Å². The van der Waals surface area contributed by atoms with Crippen LogP contribution in [0.1, 0.15) is 19.3 Å². The molecule has 0 aromatic carbocycles. The molecule has 104 valence electrons. The Morgan fingerprint density at radius 2 is 2.00 bits per heavy atom. The first kappa shape index (κ1) is 14.9. The molecule has 1 aliphatic rings. The Balaban J connectivity index is 2.45. The van der Waals surface area contributed by atoms with E-state index < -0.39 is 33.8 Å². The van der Waals surface area contributed by atoms with Crippen molar-refractivity contribution in [1.29, 1.82) is 0 Å². The van der Waals surface area contributed by atoms with Gasteiger partial charge in [0, 0.05) is 6.26 Å². The van der Waals surface area contributed by atoms with Crippen molar-refractivity contribution >= 4 is 21.7 Å². The third-order valence-corrected chi connectivity index (χ3v) is 3.77. The van der Waals surface area contributed by atoms with Crippen LogP contribution in [-0.4, -0.2) is 49.5 Å². The van der Waals surface area contributed by atoms with Gasteiger partial charge in [0.25, 0.3) is 0 Å². The number of aliphatic carboxylic acids is 1. The number of amides is 1. The van der Waals surface area contributed by atoms with Gasteiger partial charge in [0.1, 0.15) is 15.9 Å². The topological polar surface area (TPSA) is 127 Å². The van der Waals surface area contributed by atoms with Crippen molar-refractivity contribution in [2.24, 2.45) is 11.7 Å². The molecule has 0 aromatic rings. The van der Waals surface area contributed by atoms with E-state index in [9.17, 15) is 18.0 Å². The third kappa shape index (κ3) is 5.01. The maximum absolute atomic E-state index is 11.6. The summed E-state index contributed by atoms with van der Waals surface area (Å²) in [4.78, 5) is 22.5. The Labute approximate surface area is 106 Å². The van der Waals surface area contributed by atoms with Gasteiger partial charge in [-0.15, -0.1) is 0 Å². The van der Waals surface area contributed by atoms with Crippen LogP contribution in [0.5, 0.6) is 0 Å². The zero-order chi connectivity index (χ0) is 13.9. The molecular formula is C10H18N2O5S. The van der Waals surface area contributed by atoms with E-state index >= 15 is 0 Å². The van der Waals surface area contributed by atoms with Crippen LogP contribution in [0.25, 0.3) is 0 Å². The highest BCUT2D eigenvalue weighted by Crippen LogP contribution is 2.32. The van der Waals surface area contributed by atoms with Gasteiger partial charge in [-0.1, -0.05) is 0 Å². The van der Waals surface area contributed by atoms with E-state index in [1.54, 1.807) is 0 Å². The van der Waals surface area contributed by atoms with Gasteiger partial charge < -0.3 is 16.2 Å². The molecule has 1 amide bonds. The number of rotatable bonds is 7. The predicted molar refractivity (Wildman–Crippen MR) is 64.6 cm³/mol. The number of carbonyl (C=O) groups is 2. The number of sulfone groups is 1. The van der Waals surface area contributed by atoms with Crippen molar-refractivity contribution in [2.45, 2.75) is 31.3 Å². The lowest BCUT2D eigenvalue weighted by Gasteiger charge is -2.17. The SMILES string of the molecule is CS(=O)(=O)CCC(N)C(=O)NC(C(=O)O)C1CC1. The Kier molecular flexibility index (Phi) is 4.69. The molecule has 1 fully saturated rings. The van der Waals surface area contributed by atoms with Crippen LogP contribution in [-0.2, 0) is 19.4 Å². The highest BCUT2D eigenvalue weighted by molar-refractivity contribution is 7.90. The number of nitrogens with one attached hydrogen (secondary N) is 1. The van der Waals surface area contributed by atoms with Crippen LogP contribution in [0.2, 0.25) is 0 Å². The second kappa shape index (κ2) is 5.66. The van der Waals surface area contributed by atoms with Gasteiger partial charge in [0.2, 0.25) is 5.91 Å². The fourth-order valence-corrected chi connectivity index (χ4v) is 2.23. The molecule has 8 heteroatoms. The Morgan fingerprint density at radius 3 is 2.39 bits per heavy atom. The van der Waals surface area contributed by atoms with Gasteiger partial charge in [-0.25, -0.2) is 13.2 Å². The molecule has 2 unspecified atom stereocenters. The van der Waals surface area contributed by atoms with Crippen molar-refractivity contribution in [3.8, 4) is 0 Å². The van der Waals surface area contributed by atoms with Gasteiger partial charge in [-0.2, -0.15) is 0 Å². The summed E-state index contributed by atoms with van der Waals surface area (Å²) in [6.45, 7) is 0. The molecule has 2 atom stereocenters. The summed E-state index contributed by atoms with van der Waals surface area (Å²) in [6, 6.07) is -1.91. The van der Waals surface area contributed by atoms with Crippen molar-refractivity contribution in [3.05, 3.63) is 0 Å². The minimum Gasteiger partial charge on any atom is -0.480 e. The molecule has 0 heterocycles. The molecule has 0 aromatic heterocycles. The first-order valence-corrected chi connectivity index (χ1v) is 7.73. The first-order chi connectivity index (χ1) is 8.20. The first-order valence-electron chi connectivity index (χ1n) is 5.67. The minimum atomic E-state index is -3.18. The largest absolute Gasteiger partial charge is 0.480 e. The monoisotopic (exact) mass is 278 g/mol. The van der Waals surface area contributed by atoms with Crippen LogP contribution >= 0.6 is 0 Å². The average Bonchev–Trinajstić information content (AvgIpc) is 3.04. The second-order valence-electron chi connectivity index (χ2n) is 4.69. The van der Waals surface area contributed by atoms with Gasteiger partial charge in [-0.05, 0) is 25.2 Å². The molecule has 18 heavy (non-hydrogen) atoms. The van der Waals surface area contributed by atoms with Crippen molar-refractivity contribution in [1.82, 2.24) is 5.32 Å². The summed E-state index contributed by atoms with van der Waals surface area (Å²) in [7, 11) is -3.18. The number of hydrogen-bond donors (Lipinski definition) is 3. The van der Waals surface area contributed by atoms with Crippen LogP contribution in [0.3, 0.4) is 0 Å². The zero-order valence-corrected chi connectivity index (χ0v) is 10.9. The molecule has 0 saturated heterocycles. The molecule has 4 N–H and O–H groups in total. The quantitative estimate of drug-likeness (QED) is 0.533. The van der Waals surface area contributed by atoms with E-state index in [1.165, 1.54) is 0 Å². The van der Waals surface area contributed by atoms with E-state index in [4.69, 9.17) is 10.8 Å². The molecule has 0 bridgehead atoms. The van der Waals surface area contributed by atoms with E-state index in [0.717, 1.165) is 19.1 Å². The molecule has 1 rings (SSSR count). The summed E-state index contributed by atoms with van der Waals surface area (Å²) in [5, 5.41) is 11.3. The van der Waals surface area contributed by atoms with Gasteiger partial charge in [0.05, 0.1) is 11.8 Å². The average molecular weight is 278 g/mol. The standard InChI is InChI=1S/C10H18N2O5S/c1-18(16,17)5-4-7(11)9(13)12-8(10(14)15)6-2-3-6/h6-8H,2-5,11H2,1H3,(H,12,13)(H,14,15). The Bertz CT molecular complexity index is 430. The molecule has 1 saturated carbocycles. The van der Waals surface area contributed by atoms with E-state index in [2.05, 4.69) is 5.32 Å². The number of carbonyl (C=O) groups excluding carboxylic acids is 1. The molecular weight excluding hydrogens is 260 g/mol. The number of carboxylic acid groups (broad SMARTS) is 1. The van der Waals surface area contributed by atoms with Gasteiger partial charge in [0.15, 0.2) is 0 Å². The molecule has 0 aliphatic heterocycles. The van der Waals surface area contributed by atoms with E-state index in [1.807, 2.05) is 0 Å². The molecule has 7 nitrogen and oxygen atoms in total. The number of hydrogen-bond acceptors (Lipinski definition) is 5. The summed E-state index contributed by atoms with van der Waals surface area (Å²) >= 11 is 0. The lowest BCUT2D eigenvalue weighted by Crippen LogP contribution is -2.49. The van der Waals surface area contributed by atoms with Crippen LogP contribution in [0.15, 0.2) is 0 Å². The fourth-order valence-electron chi connectivity index (χ4n) is 1.54. The number of carboxylic acids is 1. The summed E-state index contributed by atoms with van der Waals surface area (Å²) < 4.78 is 21.9. The third-order valence-electron chi connectivity index (χ3n) is 2.79. The summed E-state index contributed by atoms with van der Waals surface area (Å²) in [5.41, 5.74) is 5.52. The maximum Gasteiger partial charge on any atom is 0.326 e. The molecule has 0 radical (unpaired) electrons.